The Morgan fingerprint density at radius 3 is 2.62 bits per heavy atom. The first-order valence-electron chi connectivity index (χ1n) is 7.68. The summed E-state index contributed by atoms with van der Waals surface area (Å²) in [6.45, 7) is 7.00. The first kappa shape index (κ1) is 16.0. The molecular weight excluding hydrogens is 264 g/mol. The van der Waals surface area contributed by atoms with Crippen LogP contribution in [0.4, 0.5) is 0 Å². The highest BCUT2D eigenvalue weighted by atomic mass is 16.3. The number of nitrogens with one attached hydrogen (secondary N) is 1. The molecule has 116 valence electrons. The molecule has 21 heavy (non-hydrogen) atoms. The highest BCUT2D eigenvalue weighted by molar-refractivity contribution is 5.79. The first-order valence-corrected chi connectivity index (χ1v) is 7.68. The Labute approximate surface area is 127 Å². The second-order valence-corrected chi connectivity index (χ2v) is 6.58. The topological polar surface area (TPSA) is 52.6 Å². The normalized spacial score (nSPS) is 20.8. The van der Waals surface area contributed by atoms with Crippen molar-refractivity contribution in [2.24, 2.45) is 5.41 Å². The van der Waals surface area contributed by atoms with Crippen LogP contribution in [0.15, 0.2) is 30.3 Å². The van der Waals surface area contributed by atoms with Crippen molar-refractivity contribution in [3.63, 3.8) is 0 Å². The van der Waals surface area contributed by atoms with E-state index in [0.29, 0.717) is 6.42 Å². The largest absolute Gasteiger partial charge is 0.396 e. The third kappa shape index (κ3) is 4.55. The highest BCUT2D eigenvalue weighted by Crippen LogP contribution is 2.31. The number of carbonyl (C=O) groups excluding carboxylic acids is 1. The summed E-state index contributed by atoms with van der Waals surface area (Å²) in [5.74, 6) is 0.145. The summed E-state index contributed by atoms with van der Waals surface area (Å²) >= 11 is 0. The lowest BCUT2D eigenvalue weighted by molar-refractivity contribution is -0.119. The molecule has 1 amide bonds. The maximum Gasteiger partial charge on any atom is 0.220 e. The second-order valence-electron chi connectivity index (χ2n) is 6.58. The Hall–Kier alpha value is -1.39. The number of rotatable bonds is 7. The number of carbonyl (C=O) groups is 1. The third-order valence-electron chi connectivity index (χ3n) is 4.22. The summed E-state index contributed by atoms with van der Waals surface area (Å²) in [7, 11) is 0. The molecule has 1 aliphatic heterocycles. The van der Waals surface area contributed by atoms with Gasteiger partial charge in [0, 0.05) is 38.7 Å². The van der Waals surface area contributed by atoms with Crippen LogP contribution in [-0.2, 0) is 11.3 Å². The summed E-state index contributed by atoms with van der Waals surface area (Å²) in [5, 5.41) is 12.2. The number of hydrogen-bond donors (Lipinski definition) is 2. The van der Waals surface area contributed by atoms with E-state index in [1.807, 2.05) is 18.2 Å². The Kier molecular flexibility index (Phi) is 5.37. The minimum atomic E-state index is -0.00869. The van der Waals surface area contributed by atoms with Crippen LogP contribution in [0, 0.1) is 5.41 Å². The molecule has 0 aromatic heterocycles. The van der Waals surface area contributed by atoms with Crippen molar-refractivity contribution in [3.05, 3.63) is 35.9 Å². The molecule has 1 heterocycles. The van der Waals surface area contributed by atoms with Crippen LogP contribution in [0.2, 0.25) is 0 Å². The predicted octanol–water partition coefficient (Wildman–Crippen LogP) is 1.79. The fourth-order valence-corrected chi connectivity index (χ4v) is 2.90. The average Bonchev–Trinajstić information content (AvgIpc) is 2.69. The van der Waals surface area contributed by atoms with Gasteiger partial charge in [-0.05, 0) is 17.4 Å². The molecule has 0 spiro atoms. The predicted molar refractivity (Wildman–Crippen MR) is 83.8 cm³/mol. The van der Waals surface area contributed by atoms with Gasteiger partial charge in [0.05, 0.1) is 0 Å². The molecular formula is C17H26N2O2. The van der Waals surface area contributed by atoms with E-state index in [4.69, 9.17) is 5.11 Å². The Balaban J connectivity index is 2.01. The molecule has 0 radical (unpaired) electrons. The van der Waals surface area contributed by atoms with Crippen molar-refractivity contribution in [2.75, 3.05) is 19.7 Å². The number of benzene rings is 1. The van der Waals surface area contributed by atoms with E-state index in [-0.39, 0.29) is 24.0 Å². The zero-order valence-electron chi connectivity index (χ0n) is 13.0. The van der Waals surface area contributed by atoms with Crippen molar-refractivity contribution in [2.45, 2.75) is 39.3 Å². The molecule has 1 aliphatic rings. The third-order valence-corrected chi connectivity index (χ3v) is 4.22. The molecule has 0 aliphatic carbocycles. The summed E-state index contributed by atoms with van der Waals surface area (Å²) < 4.78 is 0. The van der Waals surface area contributed by atoms with Gasteiger partial charge in [-0.3, -0.25) is 9.69 Å². The van der Waals surface area contributed by atoms with Gasteiger partial charge in [-0.25, -0.2) is 0 Å². The van der Waals surface area contributed by atoms with Crippen LogP contribution in [0.1, 0.15) is 32.3 Å². The van der Waals surface area contributed by atoms with E-state index in [9.17, 15) is 4.79 Å². The van der Waals surface area contributed by atoms with Crippen LogP contribution in [-0.4, -0.2) is 41.7 Å². The van der Waals surface area contributed by atoms with Gasteiger partial charge >= 0.3 is 0 Å². The van der Waals surface area contributed by atoms with Gasteiger partial charge in [0.25, 0.3) is 0 Å². The summed E-state index contributed by atoms with van der Waals surface area (Å²) in [5.41, 5.74) is 1.25. The fraction of sp³-hybridized carbons (Fsp3) is 0.588. The average molecular weight is 290 g/mol. The monoisotopic (exact) mass is 290 g/mol. The molecule has 1 saturated heterocycles. The van der Waals surface area contributed by atoms with Gasteiger partial charge in [-0.1, -0.05) is 44.2 Å². The van der Waals surface area contributed by atoms with Crippen LogP contribution < -0.4 is 5.32 Å². The SMILES string of the molecule is CC1(C)CC(=O)NC1CN(CCCO)Cc1ccccc1. The van der Waals surface area contributed by atoms with E-state index >= 15 is 0 Å². The second kappa shape index (κ2) is 7.05. The van der Waals surface area contributed by atoms with Gasteiger partial charge in [-0.2, -0.15) is 0 Å². The summed E-state index contributed by atoms with van der Waals surface area (Å²) in [6.07, 6.45) is 1.35. The summed E-state index contributed by atoms with van der Waals surface area (Å²) in [4.78, 5) is 14.0. The number of aliphatic hydroxyl groups is 1. The van der Waals surface area contributed by atoms with E-state index in [1.165, 1.54) is 5.56 Å². The number of hydrogen-bond acceptors (Lipinski definition) is 3. The number of nitrogens with zero attached hydrogens (tertiary/aromatic N) is 1. The lowest BCUT2D eigenvalue weighted by Gasteiger charge is -2.32. The highest BCUT2D eigenvalue weighted by Gasteiger charge is 2.39. The quantitative estimate of drug-likeness (QED) is 0.805. The van der Waals surface area contributed by atoms with E-state index < -0.39 is 0 Å². The van der Waals surface area contributed by atoms with Crippen LogP contribution in [0.25, 0.3) is 0 Å². The molecule has 0 bridgehead atoms. The molecule has 1 unspecified atom stereocenters. The number of aliphatic hydroxyl groups excluding tert-OH is 1. The molecule has 1 aromatic rings. The molecule has 1 atom stereocenters. The van der Waals surface area contributed by atoms with Gasteiger partial charge in [0.1, 0.15) is 0 Å². The standard InChI is InChI=1S/C17H26N2O2/c1-17(2)11-16(21)18-15(17)13-19(9-6-10-20)12-14-7-4-3-5-8-14/h3-5,7-8,15,20H,6,9-13H2,1-2H3,(H,18,21). The smallest absolute Gasteiger partial charge is 0.220 e. The Morgan fingerprint density at radius 1 is 1.33 bits per heavy atom. The van der Waals surface area contributed by atoms with Gasteiger partial charge in [0.2, 0.25) is 5.91 Å². The van der Waals surface area contributed by atoms with Crippen LogP contribution in [0.5, 0.6) is 0 Å². The molecule has 4 heteroatoms. The fourth-order valence-electron chi connectivity index (χ4n) is 2.90. The molecule has 4 nitrogen and oxygen atoms in total. The molecule has 1 fully saturated rings. The minimum Gasteiger partial charge on any atom is -0.396 e. The lowest BCUT2D eigenvalue weighted by Crippen LogP contribution is -2.44. The van der Waals surface area contributed by atoms with Crippen molar-refractivity contribution in [3.8, 4) is 0 Å². The molecule has 0 saturated carbocycles. The summed E-state index contributed by atoms with van der Waals surface area (Å²) in [6, 6.07) is 10.5. The minimum absolute atomic E-state index is 0.00869. The Morgan fingerprint density at radius 2 is 2.05 bits per heavy atom. The van der Waals surface area contributed by atoms with Crippen LogP contribution >= 0.6 is 0 Å². The van der Waals surface area contributed by atoms with Crippen molar-refractivity contribution in [1.82, 2.24) is 10.2 Å². The molecule has 2 N–H and O–H groups in total. The first-order chi connectivity index (χ1) is 10.0. The molecule has 2 rings (SSSR count). The van der Waals surface area contributed by atoms with Crippen molar-refractivity contribution >= 4 is 5.91 Å². The van der Waals surface area contributed by atoms with Crippen molar-refractivity contribution in [1.29, 1.82) is 0 Å². The van der Waals surface area contributed by atoms with E-state index in [0.717, 1.165) is 26.1 Å². The van der Waals surface area contributed by atoms with Crippen LogP contribution in [0.3, 0.4) is 0 Å². The van der Waals surface area contributed by atoms with E-state index in [2.05, 4.69) is 36.2 Å². The molecule has 1 aromatic carbocycles. The lowest BCUT2D eigenvalue weighted by atomic mass is 9.84. The zero-order valence-corrected chi connectivity index (χ0v) is 13.0. The van der Waals surface area contributed by atoms with Crippen molar-refractivity contribution < 1.29 is 9.90 Å². The maximum absolute atomic E-state index is 11.7. The van der Waals surface area contributed by atoms with Gasteiger partial charge in [0.15, 0.2) is 0 Å². The maximum atomic E-state index is 11.7. The van der Waals surface area contributed by atoms with Gasteiger partial charge in [-0.15, -0.1) is 0 Å². The number of amides is 1. The van der Waals surface area contributed by atoms with E-state index in [1.54, 1.807) is 0 Å². The Bertz CT molecular complexity index is 459. The zero-order chi connectivity index (χ0) is 15.3. The van der Waals surface area contributed by atoms with Gasteiger partial charge < -0.3 is 10.4 Å².